The van der Waals surface area contributed by atoms with Crippen LogP contribution in [-0.4, -0.2) is 53.3 Å². The predicted molar refractivity (Wildman–Crippen MR) is 88.8 cm³/mol. The van der Waals surface area contributed by atoms with Crippen LogP contribution in [0.5, 0.6) is 0 Å². The molecule has 0 radical (unpaired) electrons. The molecule has 0 atom stereocenters. The topological polar surface area (TPSA) is 66.6 Å². The molecule has 2 N–H and O–H groups in total. The minimum atomic E-state index is -0.869. The molecule has 3 rings (SSSR count). The summed E-state index contributed by atoms with van der Waals surface area (Å²) in [6.45, 7) is 1.15. The Hall–Kier alpha value is -2.02. The molecule has 1 aliphatic carbocycles. The van der Waals surface area contributed by atoms with Gasteiger partial charge < -0.3 is 15.5 Å². The van der Waals surface area contributed by atoms with Gasteiger partial charge in [-0.15, -0.1) is 0 Å². The molecule has 2 fully saturated rings. The van der Waals surface area contributed by atoms with E-state index in [2.05, 4.69) is 0 Å². The van der Waals surface area contributed by atoms with Crippen molar-refractivity contribution in [2.75, 3.05) is 26.2 Å². The fraction of sp³-hybridized carbons (Fsp3) is 0.556. The van der Waals surface area contributed by atoms with Crippen molar-refractivity contribution in [1.82, 2.24) is 9.80 Å². The van der Waals surface area contributed by atoms with Gasteiger partial charge in [-0.2, -0.15) is 0 Å². The van der Waals surface area contributed by atoms with Gasteiger partial charge in [-0.25, -0.2) is 8.78 Å². The Balaban J connectivity index is 1.64. The highest BCUT2D eigenvalue weighted by Gasteiger charge is 2.39. The van der Waals surface area contributed by atoms with Gasteiger partial charge in [0.2, 0.25) is 5.91 Å². The molecule has 1 saturated heterocycles. The Bertz CT molecular complexity index is 646. The summed E-state index contributed by atoms with van der Waals surface area (Å²) in [5, 5.41) is 0. The zero-order chi connectivity index (χ0) is 18.0. The van der Waals surface area contributed by atoms with Crippen molar-refractivity contribution in [2.24, 2.45) is 5.73 Å². The molecule has 5 nitrogen and oxygen atoms in total. The van der Waals surface area contributed by atoms with Crippen LogP contribution < -0.4 is 5.73 Å². The second-order valence-electron chi connectivity index (χ2n) is 6.90. The van der Waals surface area contributed by atoms with Crippen LogP contribution in [0.3, 0.4) is 0 Å². The van der Waals surface area contributed by atoms with Crippen LogP contribution in [0.1, 0.15) is 42.5 Å². The molecular weight excluding hydrogens is 328 g/mol. The molecule has 7 heteroatoms. The normalized spacial score (nSPS) is 20.4. The number of carbonyl (C=O) groups excluding carboxylic acids is 2. The van der Waals surface area contributed by atoms with E-state index in [1.165, 1.54) is 11.0 Å². The van der Waals surface area contributed by atoms with E-state index in [0.717, 1.165) is 31.4 Å². The van der Waals surface area contributed by atoms with Crippen LogP contribution in [0.15, 0.2) is 18.2 Å². The van der Waals surface area contributed by atoms with E-state index >= 15 is 0 Å². The van der Waals surface area contributed by atoms with Crippen LogP contribution >= 0.6 is 0 Å². The molecule has 0 bridgehead atoms. The first-order chi connectivity index (χ1) is 11.9. The Morgan fingerprint density at radius 2 is 1.44 bits per heavy atom. The summed E-state index contributed by atoms with van der Waals surface area (Å²) in [7, 11) is 0. The van der Waals surface area contributed by atoms with Gasteiger partial charge in [-0.05, 0) is 25.0 Å². The van der Waals surface area contributed by atoms with Crippen molar-refractivity contribution in [1.29, 1.82) is 0 Å². The van der Waals surface area contributed by atoms with Gasteiger partial charge in [0.15, 0.2) is 0 Å². The van der Waals surface area contributed by atoms with Crippen LogP contribution in [0.4, 0.5) is 8.78 Å². The Morgan fingerprint density at radius 1 is 0.920 bits per heavy atom. The Morgan fingerprint density at radius 3 is 2.00 bits per heavy atom. The fourth-order valence-corrected chi connectivity index (χ4v) is 3.68. The number of benzene rings is 1. The number of piperazine rings is 1. The fourth-order valence-electron chi connectivity index (χ4n) is 3.68. The van der Waals surface area contributed by atoms with Crippen LogP contribution in [0, 0.1) is 11.6 Å². The average molecular weight is 351 g/mol. The van der Waals surface area contributed by atoms with E-state index in [-0.39, 0.29) is 19.0 Å². The molecule has 25 heavy (non-hydrogen) atoms. The van der Waals surface area contributed by atoms with Gasteiger partial charge in [0.05, 0.1) is 5.54 Å². The summed E-state index contributed by atoms with van der Waals surface area (Å²) in [6.07, 6.45) is 4.38. The van der Waals surface area contributed by atoms with E-state index < -0.39 is 28.6 Å². The third-order valence-electron chi connectivity index (χ3n) is 5.20. The van der Waals surface area contributed by atoms with E-state index in [1.54, 1.807) is 4.90 Å². The standard InChI is InChI=1S/C18H23F2N3O2/c19-13-5-4-6-14(20)15(13)16(24)22-9-11-23(12-10-22)17(25)18(21)7-2-1-3-8-18/h4-6H,1-3,7-12,21H2. The van der Waals surface area contributed by atoms with E-state index in [0.29, 0.717) is 25.9 Å². The molecule has 2 amide bonds. The van der Waals surface area contributed by atoms with Crippen molar-refractivity contribution in [2.45, 2.75) is 37.6 Å². The first kappa shape index (κ1) is 17.8. The average Bonchev–Trinajstić information content (AvgIpc) is 2.61. The monoisotopic (exact) mass is 351 g/mol. The number of nitrogens with zero attached hydrogens (tertiary/aromatic N) is 2. The van der Waals surface area contributed by atoms with Gasteiger partial charge in [0.1, 0.15) is 17.2 Å². The highest BCUT2D eigenvalue weighted by Crippen LogP contribution is 2.28. The third kappa shape index (κ3) is 3.51. The molecule has 1 heterocycles. The highest BCUT2D eigenvalue weighted by atomic mass is 19.1. The number of halogens is 2. The lowest BCUT2D eigenvalue weighted by Gasteiger charge is -2.41. The molecule has 1 aromatic rings. The summed E-state index contributed by atoms with van der Waals surface area (Å²) >= 11 is 0. The first-order valence-electron chi connectivity index (χ1n) is 8.74. The number of carbonyl (C=O) groups is 2. The maximum Gasteiger partial charge on any atom is 0.259 e. The van der Waals surface area contributed by atoms with E-state index in [1.807, 2.05) is 0 Å². The van der Waals surface area contributed by atoms with E-state index in [4.69, 9.17) is 5.73 Å². The summed E-state index contributed by atoms with van der Waals surface area (Å²) in [5.41, 5.74) is 4.95. The zero-order valence-corrected chi connectivity index (χ0v) is 14.1. The maximum absolute atomic E-state index is 13.8. The van der Waals surface area contributed by atoms with Crippen LogP contribution in [0.25, 0.3) is 0 Å². The molecule has 0 spiro atoms. The second-order valence-corrected chi connectivity index (χ2v) is 6.90. The van der Waals surface area contributed by atoms with Gasteiger partial charge >= 0.3 is 0 Å². The van der Waals surface area contributed by atoms with Gasteiger partial charge in [-0.3, -0.25) is 9.59 Å². The molecule has 136 valence electrons. The van der Waals surface area contributed by atoms with Gasteiger partial charge in [-0.1, -0.05) is 25.3 Å². The highest BCUT2D eigenvalue weighted by molar-refractivity contribution is 5.95. The quantitative estimate of drug-likeness (QED) is 0.885. The van der Waals surface area contributed by atoms with Crippen molar-refractivity contribution >= 4 is 11.8 Å². The maximum atomic E-state index is 13.8. The molecule has 2 aliphatic rings. The first-order valence-corrected chi connectivity index (χ1v) is 8.74. The summed E-state index contributed by atoms with van der Waals surface area (Å²) in [6, 6.07) is 3.36. The number of hydrogen-bond acceptors (Lipinski definition) is 3. The van der Waals surface area contributed by atoms with Crippen molar-refractivity contribution in [3.8, 4) is 0 Å². The number of hydrogen-bond donors (Lipinski definition) is 1. The molecule has 1 saturated carbocycles. The zero-order valence-electron chi connectivity index (χ0n) is 14.1. The predicted octanol–water partition coefficient (Wildman–Crippen LogP) is 1.91. The Kier molecular flexibility index (Phi) is 5.03. The van der Waals surface area contributed by atoms with Gasteiger partial charge in [0.25, 0.3) is 5.91 Å². The van der Waals surface area contributed by atoms with E-state index in [9.17, 15) is 18.4 Å². The smallest absolute Gasteiger partial charge is 0.259 e. The lowest BCUT2D eigenvalue weighted by Crippen LogP contribution is -2.60. The van der Waals surface area contributed by atoms with Crippen molar-refractivity contribution in [3.05, 3.63) is 35.4 Å². The van der Waals surface area contributed by atoms with Crippen LogP contribution in [-0.2, 0) is 4.79 Å². The molecular formula is C18H23F2N3O2. The molecule has 0 unspecified atom stereocenters. The third-order valence-corrected chi connectivity index (χ3v) is 5.20. The summed E-state index contributed by atoms with van der Waals surface area (Å²) in [4.78, 5) is 28.2. The minimum Gasteiger partial charge on any atom is -0.338 e. The summed E-state index contributed by atoms with van der Waals surface area (Å²) in [5.74, 6) is -2.49. The molecule has 1 aliphatic heterocycles. The summed E-state index contributed by atoms with van der Waals surface area (Å²) < 4.78 is 27.6. The minimum absolute atomic E-state index is 0.0728. The lowest BCUT2D eigenvalue weighted by molar-refractivity contribution is -0.139. The largest absolute Gasteiger partial charge is 0.338 e. The number of nitrogens with two attached hydrogens (primary N) is 1. The van der Waals surface area contributed by atoms with Crippen LogP contribution in [0.2, 0.25) is 0 Å². The second kappa shape index (κ2) is 7.07. The van der Waals surface area contributed by atoms with Gasteiger partial charge in [0, 0.05) is 26.2 Å². The molecule has 0 aromatic heterocycles. The van der Waals surface area contributed by atoms with Crippen molar-refractivity contribution < 1.29 is 18.4 Å². The molecule has 1 aromatic carbocycles. The van der Waals surface area contributed by atoms with Crippen molar-refractivity contribution in [3.63, 3.8) is 0 Å². The lowest BCUT2D eigenvalue weighted by atomic mass is 9.81. The Labute approximate surface area is 145 Å². The number of rotatable bonds is 2. The number of amides is 2. The SMILES string of the molecule is NC1(C(=O)N2CCN(C(=O)c3c(F)cccc3F)CC2)CCCCC1.